The first-order valence-electron chi connectivity index (χ1n) is 9.43. The zero-order valence-corrected chi connectivity index (χ0v) is 21.0. The Balaban J connectivity index is 0.00000392. The second-order valence-electron chi connectivity index (χ2n) is 8.84. The van der Waals surface area contributed by atoms with Crippen LogP contribution in [-0.4, -0.2) is 65.2 Å². The van der Waals surface area contributed by atoms with E-state index >= 15 is 0 Å². The van der Waals surface area contributed by atoms with Gasteiger partial charge in [0.25, 0.3) is 0 Å². The van der Waals surface area contributed by atoms with E-state index in [0.717, 1.165) is 17.1 Å². The molecule has 1 aromatic rings. The van der Waals surface area contributed by atoms with E-state index in [4.69, 9.17) is 10.5 Å². The van der Waals surface area contributed by atoms with Crippen molar-refractivity contribution >= 4 is 47.4 Å². The quantitative estimate of drug-likeness (QED) is 0.373. The van der Waals surface area contributed by atoms with Gasteiger partial charge in [-0.1, -0.05) is 20.8 Å². The molecule has 1 saturated heterocycles. The van der Waals surface area contributed by atoms with Crippen LogP contribution in [0.1, 0.15) is 52.2 Å². The predicted octanol–water partition coefficient (Wildman–Crippen LogP) is 3.47. The molecular weight excluding hydrogens is 489 g/mol. The second kappa shape index (κ2) is 10.1. The van der Waals surface area contributed by atoms with E-state index in [1.807, 2.05) is 25.7 Å². The van der Waals surface area contributed by atoms with Gasteiger partial charge in [0.1, 0.15) is 5.60 Å². The van der Waals surface area contributed by atoms with Crippen LogP contribution in [-0.2, 0) is 16.6 Å². The number of aromatic nitrogens is 1. The van der Waals surface area contributed by atoms with Gasteiger partial charge in [-0.05, 0) is 20.8 Å². The van der Waals surface area contributed by atoms with Crippen LogP contribution in [0.25, 0.3) is 0 Å². The highest BCUT2D eigenvalue weighted by Crippen LogP contribution is 2.25. The largest absolute Gasteiger partial charge is 0.444 e. The molecule has 0 spiro atoms. The van der Waals surface area contributed by atoms with Crippen LogP contribution in [0.5, 0.6) is 0 Å². The van der Waals surface area contributed by atoms with Crippen LogP contribution in [0.4, 0.5) is 4.79 Å². The van der Waals surface area contributed by atoms with E-state index in [2.05, 4.69) is 36.1 Å². The molecule has 0 aromatic carbocycles. The minimum atomic E-state index is -0.475. The van der Waals surface area contributed by atoms with Gasteiger partial charge in [-0.25, -0.2) is 9.78 Å². The lowest BCUT2D eigenvalue weighted by molar-refractivity contribution is 0.0186. The summed E-state index contributed by atoms with van der Waals surface area (Å²) in [6.45, 7) is 15.3. The first-order chi connectivity index (χ1) is 12.5. The third-order valence-corrected chi connectivity index (χ3v) is 5.41. The third kappa shape index (κ3) is 7.73. The zero-order chi connectivity index (χ0) is 20.2. The van der Waals surface area contributed by atoms with Crippen molar-refractivity contribution in [1.82, 2.24) is 14.8 Å². The lowest BCUT2D eigenvalue weighted by atomic mass is 9.98. The summed E-state index contributed by atoms with van der Waals surface area (Å²) in [6, 6.07) is 0. The first kappa shape index (κ1) is 24.9. The number of amides is 1. The topological polar surface area (TPSA) is 84.0 Å². The summed E-state index contributed by atoms with van der Waals surface area (Å²) in [4.78, 5) is 25.0. The van der Waals surface area contributed by atoms with Gasteiger partial charge in [0.05, 0.1) is 10.7 Å². The van der Waals surface area contributed by atoms with Crippen molar-refractivity contribution in [3.05, 3.63) is 16.1 Å². The van der Waals surface area contributed by atoms with Gasteiger partial charge in [-0.2, -0.15) is 0 Å². The molecule has 2 rings (SSSR count). The molecule has 0 atom stereocenters. The molecule has 0 unspecified atom stereocenters. The van der Waals surface area contributed by atoms with E-state index in [0.29, 0.717) is 38.7 Å². The summed E-state index contributed by atoms with van der Waals surface area (Å²) in [6.07, 6.45) is 0.515. The third-order valence-electron chi connectivity index (χ3n) is 4.09. The summed E-state index contributed by atoms with van der Waals surface area (Å²) in [5, 5.41) is 3.25. The Morgan fingerprint density at radius 2 is 1.75 bits per heavy atom. The number of hydrogen-bond donors (Lipinski definition) is 1. The molecule has 2 heterocycles. The molecule has 1 aliphatic heterocycles. The van der Waals surface area contributed by atoms with Crippen molar-refractivity contribution in [3.63, 3.8) is 0 Å². The van der Waals surface area contributed by atoms with E-state index in [1.165, 1.54) is 0 Å². The number of nitrogens with two attached hydrogens (primary N) is 1. The Morgan fingerprint density at radius 1 is 1.18 bits per heavy atom. The highest BCUT2D eigenvalue weighted by Gasteiger charge is 2.26. The van der Waals surface area contributed by atoms with Gasteiger partial charge in [0.15, 0.2) is 5.96 Å². The van der Waals surface area contributed by atoms with Gasteiger partial charge in [-0.3, -0.25) is 4.99 Å². The van der Waals surface area contributed by atoms with Crippen LogP contribution in [0.15, 0.2) is 10.4 Å². The maximum Gasteiger partial charge on any atom is 0.410 e. The van der Waals surface area contributed by atoms with Gasteiger partial charge < -0.3 is 20.3 Å². The average Bonchev–Trinajstić information content (AvgIpc) is 3.02. The summed E-state index contributed by atoms with van der Waals surface area (Å²) in [7, 11) is 0. The summed E-state index contributed by atoms with van der Waals surface area (Å²) in [5.74, 6) is 0.533. The fourth-order valence-electron chi connectivity index (χ4n) is 2.60. The summed E-state index contributed by atoms with van der Waals surface area (Å²) in [5.41, 5.74) is 6.81. The van der Waals surface area contributed by atoms with Crippen LogP contribution in [0, 0.1) is 0 Å². The molecule has 0 radical (unpaired) electrons. The molecule has 1 fully saturated rings. The highest BCUT2D eigenvalue weighted by molar-refractivity contribution is 14.0. The van der Waals surface area contributed by atoms with Crippen LogP contribution >= 0.6 is 35.3 Å². The normalized spacial score (nSPS) is 16.0. The van der Waals surface area contributed by atoms with E-state index in [9.17, 15) is 4.79 Å². The first-order valence-corrected chi connectivity index (χ1v) is 10.3. The predicted molar refractivity (Wildman–Crippen MR) is 126 cm³/mol. The number of hydrogen-bond acceptors (Lipinski definition) is 5. The lowest BCUT2D eigenvalue weighted by Crippen LogP contribution is -2.53. The number of halogens is 1. The van der Waals surface area contributed by atoms with Crippen LogP contribution in [0.3, 0.4) is 0 Å². The van der Waals surface area contributed by atoms with Crippen molar-refractivity contribution in [1.29, 1.82) is 0 Å². The molecule has 1 aliphatic rings. The van der Waals surface area contributed by atoms with Gasteiger partial charge >= 0.3 is 6.09 Å². The number of thiazole rings is 1. The number of carbonyl (C=O) groups excluding carboxylic acids is 1. The van der Waals surface area contributed by atoms with Crippen molar-refractivity contribution in [2.45, 2.75) is 59.0 Å². The zero-order valence-electron chi connectivity index (χ0n) is 17.8. The van der Waals surface area contributed by atoms with Crippen LogP contribution < -0.4 is 5.73 Å². The molecule has 1 amide bonds. The van der Waals surface area contributed by atoms with Gasteiger partial charge in [0.2, 0.25) is 0 Å². The molecule has 0 saturated carbocycles. The fraction of sp³-hybridized carbons (Fsp3) is 0.737. The van der Waals surface area contributed by atoms with Gasteiger partial charge in [0, 0.05) is 49.9 Å². The SMILES string of the molecule is CC(C)(C)OC(=O)N1CCN(C(N)=NCCc2csc(C(C)(C)C)n2)CC1.I. The number of nitrogens with zero attached hydrogens (tertiary/aromatic N) is 4. The molecule has 28 heavy (non-hydrogen) atoms. The Bertz CT molecular complexity index is 671. The molecule has 7 nitrogen and oxygen atoms in total. The number of guanidine groups is 1. The maximum atomic E-state index is 12.1. The summed E-state index contributed by atoms with van der Waals surface area (Å²) >= 11 is 1.70. The molecule has 9 heteroatoms. The molecule has 2 N–H and O–H groups in total. The van der Waals surface area contributed by atoms with E-state index in [1.54, 1.807) is 16.2 Å². The number of aliphatic imine (C=N–C) groups is 1. The maximum absolute atomic E-state index is 12.1. The number of carbonyl (C=O) groups is 1. The monoisotopic (exact) mass is 523 g/mol. The standard InChI is InChI=1S/C19H33N5O2S.HI/c1-18(2,3)15-22-14(13-27-15)7-8-21-16(20)23-9-11-24(12-10-23)17(25)26-19(4,5)6;/h13H,7-12H2,1-6H3,(H2,20,21);1H. The lowest BCUT2D eigenvalue weighted by Gasteiger charge is -2.36. The Kier molecular flexibility index (Phi) is 8.98. The minimum absolute atomic E-state index is 0. The van der Waals surface area contributed by atoms with Crippen molar-refractivity contribution in [3.8, 4) is 0 Å². The molecule has 0 aliphatic carbocycles. The fourth-order valence-corrected chi connectivity index (χ4v) is 3.54. The Labute approximate surface area is 189 Å². The molecule has 160 valence electrons. The highest BCUT2D eigenvalue weighted by atomic mass is 127. The Hall–Kier alpha value is -1.10. The van der Waals surface area contributed by atoms with Crippen molar-refractivity contribution in [2.24, 2.45) is 10.7 Å². The summed E-state index contributed by atoms with van der Waals surface area (Å²) < 4.78 is 5.41. The average molecular weight is 523 g/mol. The Morgan fingerprint density at radius 3 is 2.25 bits per heavy atom. The van der Waals surface area contributed by atoms with Crippen molar-refractivity contribution < 1.29 is 9.53 Å². The van der Waals surface area contributed by atoms with E-state index < -0.39 is 5.60 Å². The number of piperazine rings is 1. The second-order valence-corrected chi connectivity index (χ2v) is 9.70. The van der Waals surface area contributed by atoms with Crippen molar-refractivity contribution in [2.75, 3.05) is 32.7 Å². The number of rotatable bonds is 3. The smallest absolute Gasteiger partial charge is 0.410 e. The van der Waals surface area contributed by atoms with Crippen LogP contribution in [0.2, 0.25) is 0 Å². The molecule has 1 aromatic heterocycles. The van der Waals surface area contributed by atoms with E-state index in [-0.39, 0.29) is 35.5 Å². The molecular formula is C19H34IN5O2S. The number of ether oxygens (including phenoxy) is 1. The minimum Gasteiger partial charge on any atom is -0.444 e. The van der Waals surface area contributed by atoms with Gasteiger partial charge in [-0.15, -0.1) is 35.3 Å². The molecule has 0 bridgehead atoms.